The Morgan fingerprint density at radius 3 is 2.11 bits per heavy atom. The molecule has 28 heavy (non-hydrogen) atoms. The van der Waals surface area contributed by atoms with Crippen LogP contribution in [-0.4, -0.2) is 11.0 Å². The van der Waals surface area contributed by atoms with E-state index in [1.807, 2.05) is 87.5 Å². The number of carbonyl (C=O) groups excluding carboxylic acids is 1. The van der Waals surface area contributed by atoms with Crippen molar-refractivity contribution in [2.24, 2.45) is 5.41 Å². The SMILES string of the molecule is CC(C)(C)C(=O)OI(c1ccccc1)N(Cc1ccccc1)c1ccccn1. The summed E-state index contributed by atoms with van der Waals surface area (Å²) >= 11 is -2.57. The predicted molar refractivity (Wildman–Crippen MR) is 122 cm³/mol. The summed E-state index contributed by atoms with van der Waals surface area (Å²) in [5.41, 5.74) is 0.589. The van der Waals surface area contributed by atoms with Gasteiger partial charge in [-0.25, -0.2) is 0 Å². The molecule has 0 saturated carbocycles. The maximum absolute atomic E-state index is 12.8. The van der Waals surface area contributed by atoms with Crippen molar-refractivity contribution in [1.29, 1.82) is 0 Å². The fourth-order valence-corrected chi connectivity index (χ4v) is 7.04. The Bertz CT molecular complexity index is 881. The van der Waals surface area contributed by atoms with Crippen LogP contribution in [-0.2, 0) is 14.4 Å². The summed E-state index contributed by atoms with van der Waals surface area (Å²) in [7, 11) is 0. The zero-order valence-corrected chi connectivity index (χ0v) is 18.5. The standard InChI is InChI=1S/C23H25IN2O2/c1-23(2,3)22(27)28-24(20-14-8-5-9-15-20)26(21-16-10-11-17-25-21)18-19-12-6-4-7-13-19/h4-17H,18H2,1-3H3. The number of pyridine rings is 1. The van der Waals surface area contributed by atoms with E-state index in [0.29, 0.717) is 6.54 Å². The monoisotopic (exact) mass is 488 g/mol. The quantitative estimate of drug-likeness (QED) is 0.321. The molecule has 0 saturated heterocycles. The van der Waals surface area contributed by atoms with Gasteiger partial charge >= 0.3 is 175 Å². The summed E-state index contributed by atoms with van der Waals surface area (Å²) in [4.78, 5) is 17.4. The Hall–Kier alpha value is -2.41. The third-order valence-corrected chi connectivity index (χ3v) is 8.42. The number of anilines is 1. The summed E-state index contributed by atoms with van der Waals surface area (Å²) in [6, 6.07) is 26.1. The number of nitrogens with zero attached hydrogens (tertiary/aromatic N) is 2. The molecule has 0 amide bonds. The third-order valence-electron chi connectivity index (χ3n) is 3.92. The normalized spacial score (nSPS) is 11.6. The first-order valence-corrected chi connectivity index (χ1v) is 12.1. The summed E-state index contributed by atoms with van der Waals surface area (Å²) in [5.74, 6) is 0.637. The zero-order valence-electron chi connectivity index (χ0n) is 16.4. The van der Waals surface area contributed by atoms with E-state index in [0.717, 1.165) is 15.0 Å². The van der Waals surface area contributed by atoms with Crippen molar-refractivity contribution in [3.05, 3.63) is 94.2 Å². The molecule has 0 aliphatic carbocycles. The van der Waals surface area contributed by atoms with E-state index in [2.05, 4.69) is 20.2 Å². The number of halogens is 1. The molecular weight excluding hydrogens is 463 g/mol. The Kier molecular flexibility index (Phi) is 6.67. The number of aromatic nitrogens is 1. The summed E-state index contributed by atoms with van der Waals surface area (Å²) < 4.78 is 9.43. The minimum absolute atomic E-state index is 0.185. The molecule has 4 nitrogen and oxygen atoms in total. The van der Waals surface area contributed by atoms with E-state index in [9.17, 15) is 4.79 Å². The molecule has 0 spiro atoms. The van der Waals surface area contributed by atoms with Gasteiger partial charge in [-0.15, -0.1) is 0 Å². The van der Waals surface area contributed by atoms with Crippen molar-refractivity contribution in [1.82, 2.24) is 4.98 Å². The van der Waals surface area contributed by atoms with Crippen LogP contribution in [0.25, 0.3) is 0 Å². The molecule has 1 aromatic heterocycles. The molecule has 3 aromatic rings. The second-order valence-corrected chi connectivity index (χ2v) is 11.5. The van der Waals surface area contributed by atoms with Crippen molar-refractivity contribution in [2.75, 3.05) is 3.11 Å². The summed E-state index contributed by atoms with van der Waals surface area (Å²) in [6.07, 6.45) is 1.78. The second kappa shape index (κ2) is 9.19. The van der Waals surface area contributed by atoms with E-state index in [1.165, 1.54) is 0 Å². The molecule has 146 valence electrons. The van der Waals surface area contributed by atoms with Gasteiger partial charge in [-0.05, 0) is 0 Å². The molecule has 2 aromatic carbocycles. The fourth-order valence-electron chi connectivity index (χ4n) is 2.36. The van der Waals surface area contributed by atoms with Crippen LogP contribution in [0.15, 0.2) is 85.1 Å². The molecule has 0 aliphatic rings. The summed E-state index contributed by atoms with van der Waals surface area (Å²) in [5, 5.41) is 0. The molecule has 3 rings (SSSR count). The van der Waals surface area contributed by atoms with E-state index in [1.54, 1.807) is 6.20 Å². The molecule has 0 N–H and O–H groups in total. The molecule has 0 radical (unpaired) electrons. The van der Waals surface area contributed by atoms with Crippen molar-refractivity contribution in [3.8, 4) is 0 Å². The van der Waals surface area contributed by atoms with Gasteiger partial charge in [-0.2, -0.15) is 0 Å². The molecule has 5 heteroatoms. The van der Waals surface area contributed by atoms with Crippen molar-refractivity contribution < 1.29 is 7.86 Å². The molecule has 0 bridgehead atoms. The van der Waals surface area contributed by atoms with E-state index in [-0.39, 0.29) is 5.97 Å². The minimum atomic E-state index is -2.57. The number of hydrogen-bond acceptors (Lipinski definition) is 4. The van der Waals surface area contributed by atoms with Gasteiger partial charge < -0.3 is 0 Å². The number of hydrogen-bond donors (Lipinski definition) is 0. The number of rotatable bonds is 6. The molecule has 1 heterocycles. The number of carbonyl (C=O) groups is 1. The second-order valence-electron chi connectivity index (χ2n) is 7.33. The van der Waals surface area contributed by atoms with Gasteiger partial charge in [0.1, 0.15) is 0 Å². The Labute approximate surface area is 174 Å². The van der Waals surface area contributed by atoms with Crippen molar-refractivity contribution in [2.45, 2.75) is 27.3 Å². The fraction of sp³-hybridized carbons (Fsp3) is 0.217. The Morgan fingerprint density at radius 2 is 1.54 bits per heavy atom. The maximum atomic E-state index is 12.8. The van der Waals surface area contributed by atoms with E-state index < -0.39 is 25.9 Å². The van der Waals surface area contributed by atoms with E-state index >= 15 is 0 Å². The molecule has 0 unspecified atom stereocenters. The Balaban J connectivity index is 2.03. The number of benzene rings is 2. The topological polar surface area (TPSA) is 42.4 Å². The van der Waals surface area contributed by atoms with Crippen LogP contribution in [0.5, 0.6) is 0 Å². The van der Waals surface area contributed by atoms with Crippen LogP contribution in [0, 0.1) is 8.99 Å². The van der Waals surface area contributed by atoms with Crippen LogP contribution in [0.1, 0.15) is 26.3 Å². The van der Waals surface area contributed by atoms with Gasteiger partial charge in [0.05, 0.1) is 0 Å². The average Bonchev–Trinajstić information content (AvgIpc) is 2.72. The third kappa shape index (κ3) is 5.32. The van der Waals surface area contributed by atoms with Crippen LogP contribution in [0.3, 0.4) is 0 Å². The average molecular weight is 488 g/mol. The van der Waals surface area contributed by atoms with Gasteiger partial charge in [-0.3, -0.25) is 0 Å². The Morgan fingerprint density at radius 1 is 0.929 bits per heavy atom. The summed E-state index contributed by atoms with van der Waals surface area (Å²) in [6.45, 7) is 6.29. The van der Waals surface area contributed by atoms with Crippen LogP contribution < -0.4 is 3.11 Å². The van der Waals surface area contributed by atoms with Gasteiger partial charge in [0.2, 0.25) is 0 Å². The van der Waals surface area contributed by atoms with Gasteiger partial charge in [0, 0.05) is 0 Å². The molecular formula is C23H25IN2O2. The van der Waals surface area contributed by atoms with Crippen molar-refractivity contribution in [3.63, 3.8) is 0 Å². The zero-order chi connectivity index (χ0) is 20.0. The van der Waals surface area contributed by atoms with Gasteiger partial charge in [0.15, 0.2) is 0 Å². The van der Waals surface area contributed by atoms with E-state index in [4.69, 9.17) is 3.07 Å². The van der Waals surface area contributed by atoms with Crippen LogP contribution >= 0.6 is 20.5 Å². The first kappa shape index (κ1) is 20.3. The first-order valence-electron chi connectivity index (χ1n) is 9.16. The van der Waals surface area contributed by atoms with Crippen molar-refractivity contribution >= 4 is 32.3 Å². The van der Waals surface area contributed by atoms with Crippen LogP contribution in [0.2, 0.25) is 0 Å². The molecule has 0 aliphatic heterocycles. The predicted octanol–water partition coefficient (Wildman–Crippen LogP) is 5.88. The molecule has 0 atom stereocenters. The molecule has 0 fully saturated rings. The van der Waals surface area contributed by atoms with Gasteiger partial charge in [0.25, 0.3) is 0 Å². The first-order chi connectivity index (χ1) is 13.4. The van der Waals surface area contributed by atoms with Crippen LogP contribution in [0.4, 0.5) is 5.82 Å². The van der Waals surface area contributed by atoms with Gasteiger partial charge in [-0.1, -0.05) is 0 Å².